The number of thiazole rings is 1. The van der Waals surface area contributed by atoms with E-state index in [1.165, 1.54) is 0 Å². The average Bonchev–Trinajstić information content (AvgIpc) is 2.80. The molecule has 0 aliphatic heterocycles. The number of halogens is 1. The zero-order valence-corrected chi connectivity index (χ0v) is 13.8. The number of aliphatic hydroxyl groups excluding tert-OH is 1. The molecule has 0 bridgehead atoms. The fourth-order valence-corrected chi connectivity index (χ4v) is 3.23. The van der Waals surface area contributed by atoms with Crippen molar-refractivity contribution in [3.63, 3.8) is 0 Å². The minimum Gasteiger partial charge on any atom is -0.388 e. The Labute approximate surface area is 129 Å². The predicted octanol–water partition coefficient (Wildman–Crippen LogP) is 4.68. The summed E-state index contributed by atoms with van der Waals surface area (Å²) in [4.78, 5) is 4.62. The molecule has 108 valence electrons. The van der Waals surface area contributed by atoms with E-state index >= 15 is 0 Å². The van der Waals surface area contributed by atoms with Gasteiger partial charge in [0.05, 0.1) is 16.8 Å². The number of aromatic nitrogens is 1. The Bertz CT molecular complexity index is 601. The second kappa shape index (κ2) is 5.84. The van der Waals surface area contributed by atoms with Crippen LogP contribution < -0.4 is 0 Å². The van der Waals surface area contributed by atoms with E-state index in [2.05, 4.69) is 31.1 Å². The lowest BCUT2D eigenvalue weighted by molar-refractivity contribution is 0.177. The Kier molecular flexibility index (Phi) is 4.52. The molecule has 0 amide bonds. The molecule has 1 aromatic heterocycles. The molecule has 0 saturated carbocycles. The minimum absolute atomic E-state index is 0.0473. The van der Waals surface area contributed by atoms with Crippen LogP contribution in [0.3, 0.4) is 0 Å². The summed E-state index contributed by atoms with van der Waals surface area (Å²) in [5, 5.41) is 14.1. The van der Waals surface area contributed by atoms with E-state index in [4.69, 9.17) is 11.6 Å². The molecular weight excluding hydrogens is 290 g/mol. The van der Waals surface area contributed by atoms with E-state index in [-0.39, 0.29) is 5.41 Å². The lowest BCUT2D eigenvalue weighted by atomic mass is 9.93. The molecule has 0 saturated heterocycles. The third kappa shape index (κ3) is 3.60. The van der Waals surface area contributed by atoms with Gasteiger partial charge in [-0.2, -0.15) is 0 Å². The van der Waals surface area contributed by atoms with Gasteiger partial charge in [-0.15, -0.1) is 11.3 Å². The van der Waals surface area contributed by atoms with Crippen molar-refractivity contribution in [1.82, 2.24) is 4.98 Å². The summed E-state index contributed by atoms with van der Waals surface area (Å²) in [6.45, 7) is 8.41. The molecular formula is C16H20ClNOS. The van der Waals surface area contributed by atoms with Crippen LogP contribution in [0.2, 0.25) is 5.02 Å². The standard InChI is InChI=1S/C16H20ClNOS/c1-10-5-6-11(17)7-12(10)13(19)8-15-18-14(9-20-15)16(2,3)4/h5-7,9,13,19H,8H2,1-4H3. The molecule has 2 nitrogen and oxygen atoms in total. The predicted molar refractivity (Wildman–Crippen MR) is 85.7 cm³/mol. The van der Waals surface area contributed by atoms with E-state index in [1.54, 1.807) is 11.3 Å². The van der Waals surface area contributed by atoms with Crippen molar-refractivity contribution in [2.45, 2.75) is 45.6 Å². The van der Waals surface area contributed by atoms with Crippen molar-refractivity contribution < 1.29 is 5.11 Å². The van der Waals surface area contributed by atoms with Gasteiger partial charge < -0.3 is 5.11 Å². The molecule has 1 aromatic carbocycles. The van der Waals surface area contributed by atoms with E-state index in [0.717, 1.165) is 21.8 Å². The summed E-state index contributed by atoms with van der Waals surface area (Å²) in [6.07, 6.45) is -0.0327. The highest BCUT2D eigenvalue weighted by atomic mass is 35.5. The van der Waals surface area contributed by atoms with Crippen molar-refractivity contribution in [1.29, 1.82) is 0 Å². The zero-order chi connectivity index (χ0) is 14.9. The molecule has 1 unspecified atom stereocenters. The number of rotatable bonds is 3. The summed E-state index contributed by atoms with van der Waals surface area (Å²) >= 11 is 7.61. The number of hydrogen-bond donors (Lipinski definition) is 1. The topological polar surface area (TPSA) is 33.1 Å². The molecule has 2 aromatic rings. The largest absolute Gasteiger partial charge is 0.388 e. The van der Waals surface area contributed by atoms with Gasteiger partial charge in [0.2, 0.25) is 0 Å². The van der Waals surface area contributed by atoms with Gasteiger partial charge in [-0.1, -0.05) is 38.4 Å². The van der Waals surface area contributed by atoms with E-state index in [1.807, 2.05) is 25.1 Å². The molecule has 4 heteroatoms. The summed E-state index contributed by atoms with van der Waals surface area (Å²) in [5.41, 5.74) is 3.05. The van der Waals surface area contributed by atoms with Crippen molar-refractivity contribution in [2.75, 3.05) is 0 Å². The van der Waals surface area contributed by atoms with Crippen molar-refractivity contribution in [2.24, 2.45) is 0 Å². The highest BCUT2D eigenvalue weighted by Gasteiger charge is 2.19. The van der Waals surface area contributed by atoms with Gasteiger partial charge in [-0.3, -0.25) is 0 Å². The van der Waals surface area contributed by atoms with Crippen LogP contribution in [0.4, 0.5) is 0 Å². The van der Waals surface area contributed by atoms with E-state index in [0.29, 0.717) is 11.4 Å². The number of aryl methyl sites for hydroxylation is 1. The van der Waals surface area contributed by atoms with Crippen molar-refractivity contribution >= 4 is 22.9 Å². The first kappa shape index (κ1) is 15.5. The summed E-state index contributed by atoms with van der Waals surface area (Å²) in [5.74, 6) is 0. The van der Waals surface area contributed by atoms with Crippen LogP contribution in [0.25, 0.3) is 0 Å². The van der Waals surface area contributed by atoms with Crippen LogP contribution >= 0.6 is 22.9 Å². The lowest BCUT2D eigenvalue weighted by Crippen LogP contribution is -2.12. The van der Waals surface area contributed by atoms with Gasteiger partial charge in [-0.25, -0.2) is 4.98 Å². The molecule has 1 N–H and O–H groups in total. The smallest absolute Gasteiger partial charge is 0.0957 e. The molecule has 1 heterocycles. The molecule has 20 heavy (non-hydrogen) atoms. The van der Waals surface area contributed by atoms with Crippen LogP contribution in [0, 0.1) is 6.92 Å². The molecule has 0 aliphatic rings. The van der Waals surface area contributed by atoms with Crippen molar-refractivity contribution in [3.05, 3.63) is 50.4 Å². The highest BCUT2D eigenvalue weighted by molar-refractivity contribution is 7.09. The Morgan fingerprint density at radius 1 is 1.35 bits per heavy atom. The number of benzene rings is 1. The number of hydrogen-bond acceptors (Lipinski definition) is 3. The van der Waals surface area contributed by atoms with E-state index < -0.39 is 6.10 Å². The molecule has 0 spiro atoms. The second-order valence-electron chi connectivity index (χ2n) is 6.10. The van der Waals surface area contributed by atoms with Gasteiger partial charge in [0.15, 0.2) is 0 Å². The Balaban J connectivity index is 2.17. The molecule has 0 fully saturated rings. The maximum absolute atomic E-state index is 10.4. The molecule has 1 atom stereocenters. The first-order valence-electron chi connectivity index (χ1n) is 6.66. The maximum atomic E-state index is 10.4. The zero-order valence-electron chi connectivity index (χ0n) is 12.3. The first-order valence-corrected chi connectivity index (χ1v) is 7.92. The Morgan fingerprint density at radius 3 is 2.65 bits per heavy atom. The van der Waals surface area contributed by atoms with Crippen LogP contribution in [0.1, 0.15) is 48.7 Å². The van der Waals surface area contributed by atoms with E-state index in [9.17, 15) is 5.11 Å². The average molecular weight is 310 g/mol. The minimum atomic E-state index is -0.562. The number of nitrogens with zero attached hydrogens (tertiary/aromatic N) is 1. The van der Waals surface area contributed by atoms with Crippen LogP contribution in [-0.4, -0.2) is 10.1 Å². The van der Waals surface area contributed by atoms with Crippen LogP contribution in [-0.2, 0) is 11.8 Å². The van der Waals surface area contributed by atoms with Crippen molar-refractivity contribution in [3.8, 4) is 0 Å². The maximum Gasteiger partial charge on any atom is 0.0957 e. The second-order valence-corrected chi connectivity index (χ2v) is 7.48. The quantitative estimate of drug-likeness (QED) is 0.893. The SMILES string of the molecule is Cc1ccc(Cl)cc1C(O)Cc1nc(C(C)(C)C)cs1. The monoisotopic (exact) mass is 309 g/mol. The summed E-state index contributed by atoms with van der Waals surface area (Å²) < 4.78 is 0. The normalized spacial score (nSPS) is 13.5. The Hall–Kier alpha value is -0.900. The third-order valence-electron chi connectivity index (χ3n) is 3.29. The summed E-state index contributed by atoms with van der Waals surface area (Å²) in [6, 6.07) is 5.61. The molecule has 0 radical (unpaired) electrons. The van der Waals surface area contributed by atoms with Gasteiger partial charge >= 0.3 is 0 Å². The lowest BCUT2D eigenvalue weighted by Gasteiger charge is -2.15. The highest BCUT2D eigenvalue weighted by Crippen LogP contribution is 2.28. The third-order valence-corrected chi connectivity index (χ3v) is 4.39. The van der Waals surface area contributed by atoms with Gasteiger partial charge in [0.25, 0.3) is 0 Å². The fraction of sp³-hybridized carbons (Fsp3) is 0.438. The van der Waals surface area contributed by atoms with Gasteiger partial charge in [0.1, 0.15) is 0 Å². The Morgan fingerprint density at radius 2 is 2.05 bits per heavy atom. The summed E-state index contributed by atoms with van der Waals surface area (Å²) in [7, 11) is 0. The fourth-order valence-electron chi connectivity index (χ4n) is 1.99. The first-order chi connectivity index (χ1) is 9.27. The van der Waals surface area contributed by atoms with Crippen LogP contribution in [0.5, 0.6) is 0 Å². The molecule has 2 rings (SSSR count). The van der Waals surface area contributed by atoms with Crippen LogP contribution in [0.15, 0.2) is 23.6 Å². The van der Waals surface area contributed by atoms with Gasteiger partial charge in [-0.05, 0) is 30.2 Å². The number of aliphatic hydroxyl groups is 1. The van der Waals surface area contributed by atoms with Gasteiger partial charge in [0, 0.05) is 22.2 Å². The molecule has 0 aliphatic carbocycles.